The lowest BCUT2D eigenvalue weighted by molar-refractivity contribution is 0.0553. The SMILES string of the molecule is CC(C)(O)CCOc1ccc2c(c1)CCC2O. The second-order valence-electron chi connectivity index (χ2n) is 5.33. The Morgan fingerprint density at radius 2 is 2.18 bits per heavy atom. The van der Waals surface area contributed by atoms with Crippen molar-refractivity contribution in [3.63, 3.8) is 0 Å². The molecule has 0 heterocycles. The van der Waals surface area contributed by atoms with E-state index in [9.17, 15) is 10.2 Å². The molecule has 0 radical (unpaired) electrons. The number of hydrogen-bond acceptors (Lipinski definition) is 3. The van der Waals surface area contributed by atoms with Crippen LogP contribution in [0.3, 0.4) is 0 Å². The molecule has 0 aromatic heterocycles. The normalized spacial score (nSPS) is 19.2. The van der Waals surface area contributed by atoms with Gasteiger partial charge >= 0.3 is 0 Å². The van der Waals surface area contributed by atoms with Crippen molar-refractivity contribution < 1.29 is 14.9 Å². The zero-order valence-electron chi connectivity index (χ0n) is 10.4. The lowest BCUT2D eigenvalue weighted by atomic mass is 10.1. The van der Waals surface area contributed by atoms with Crippen LogP contribution in [0.5, 0.6) is 5.75 Å². The molecule has 1 aromatic rings. The number of rotatable bonds is 4. The fraction of sp³-hybridized carbons (Fsp3) is 0.571. The standard InChI is InChI=1S/C14H20O3/c1-14(2,16)7-8-17-11-4-5-12-10(9-11)3-6-13(12)15/h4-5,9,13,15-16H,3,6-8H2,1-2H3. The van der Waals surface area contributed by atoms with Gasteiger partial charge in [0.05, 0.1) is 18.3 Å². The molecule has 0 amide bonds. The predicted octanol–water partition coefficient (Wildman–Crippen LogP) is 2.21. The summed E-state index contributed by atoms with van der Waals surface area (Å²) in [4.78, 5) is 0. The van der Waals surface area contributed by atoms with Crippen molar-refractivity contribution in [1.82, 2.24) is 0 Å². The van der Waals surface area contributed by atoms with Gasteiger partial charge in [0, 0.05) is 6.42 Å². The maximum atomic E-state index is 9.68. The molecule has 0 spiro atoms. The molecule has 1 aromatic carbocycles. The van der Waals surface area contributed by atoms with Crippen LogP contribution < -0.4 is 4.74 Å². The van der Waals surface area contributed by atoms with Crippen molar-refractivity contribution in [3.05, 3.63) is 29.3 Å². The molecule has 0 fully saturated rings. The van der Waals surface area contributed by atoms with Crippen LogP contribution in [0.1, 0.15) is 43.9 Å². The van der Waals surface area contributed by atoms with Gasteiger partial charge in [-0.3, -0.25) is 0 Å². The van der Waals surface area contributed by atoms with Crippen LogP contribution in [0.2, 0.25) is 0 Å². The molecule has 94 valence electrons. The summed E-state index contributed by atoms with van der Waals surface area (Å²) in [6.07, 6.45) is 2.02. The summed E-state index contributed by atoms with van der Waals surface area (Å²) in [6, 6.07) is 5.82. The summed E-state index contributed by atoms with van der Waals surface area (Å²) in [5, 5.41) is 19.3. The van der Waals surface area contributed by atoms with Crippen molar-refractivity contribution in [3.8, 4) is 5.75 Å². The van der Waals surface area contributed by atoms with Crippen LogP contribution >= 0.6 is 0 Å². The first-order chi connectivity index (χ1) is 7.96. The summed E-state index contributed by atoms with van der Waals surface area (Å²) >= 11 is 0. The molecule has 0 bridgehead atoms. The first kappa shape index (κ1) is 12.4. The van der Waals surface area contributed by atoms with E-state index in [0.717, 1.165) is 24.2 Å². The van der Waals surface area contributed by atoms with Gasteiger partial charge in [0.1, 0.15) is 5.75 Å². The third-order valence-electron chi connectivity index (χ3n) is 3.14. The van der Waals surface area contributed by atoms with Crippen molar-refractivity contribution >= 4 is 0 Å². The van der Waals surface area contributed by atoms with Crippen molar-refractivity contribution in [2.24, 2.45) is 0 Å². The van der Waals surface area contributed by atoms with E-state index in [-0.39, 0.29) is 6.10 Å². The summed E-state index contributed by atoms with van der Waals surface area (Å²) in [5.41, 5.74) is 1.52. The Morgan fingerprint density at radius 3 is 2.88 bits per heavy atom. The van der Waals surface area contributed by atoms with Crippen molar-refractivity contribution in [2.45, 2.75) is 44.8 Å². The summed E-state index contributed by atoms with van der Waals surface area (Å²) < 4.78 is 5.60. The minimum absolute atomic E-state index is 0.310. The van der Waals surface area contributed by atoms with E-state index in [1.165, 1.54) is 5.56 Å². The second-order valence-corrected chi connectivity index (χ2v) is 5.33. The van der Waals surface area contributed by atoms with Gasteiger partial charge in [0.25, 0.3) is 0 Å². The molecule has 1 unspecified atom stereocenters. The van der Waals surface area contributed by atoms with Crippen LogP contribution in [0.15, 0.2) is 18.2 Å². The minimum atomic E-state index is -0.688. The zero-order valence-corrected chi connectivity index (χ0v) is 10.4. The van der Waals surface area contributed by atoms with Gasteiger partial charge < -0.3 is 14.9 Å². The summed E-state index contributed by atoms with van der Waals surface area (Å²) in [7, 11) is 0. The molecule has 0 aliphatic heterocycles. The van der Waals surface area contributed by atoms with Crippen LogP contribution in [0.4, 0.5) is 0 Å². The topological polar surface area (TPSA) is 49.7 Å². The average Bonchev–Trinajstić information content (AvgIpc) is 2.58. The summed E-state index contributed by atoms with van der Waals surface area (Å²) in [6.45, 7) is 4.05. The molecule has 0 saturated carbocycles. The van der Waals surface area contributed by atoms with Gasteiger partial charge in [-0.15, -0.1) is 0 Å². The highest BCUT2D eigenvalue weighted by Gasteiger charge is 2.20. The highest BCUT2D eigenvalue weighted by molar-refractivity contribution is 5.39. The molecule has 1 atom stereocenters. The molecule has 17 heavy (non-hydrogen) atoms. The predicted molar refractivity (Wildman–Crippen MR) is 66.1 cm³/mol. The van der Waals surface area contributed by atoms with E-state index in [4.69, 9.17) is 4.74 Å². The quantitative estimate of drug-likeness (QED) is 0.842. The molecule has 3 heteroatoms. The van der Waals surface area contributed by atoms with Gasteiger partial charge in [-0.25, -0.2) is 0 Å². The van der Waals surface area contributed by atoms with Gasteiger partial charge in [-0.1, -0.05) is 6.07 Å². The van der Waals surface area contributed by atoms with E-state index >= 15 is 0 Å². The molecule has 0 saturated heterocycles. The Labute approximate surface area is 102 Å². The first-order valence-electron chi connectivity index (χ1n) is 6.12. The van der Waals surface area contributed by atoms with E-state index in [1.54, 1.807) is 13.8 Å². The number of aryl methyl sites for hydroxylation is 1. The van der Waals surface area contributed by atoms with Gasteiger partial charge in [-0.05, 0) is 49.9 Å². The maximum Gasteiger partial charge on any atom is 0.119 e. The summed E-state index contributed by atoms with van der Waals surface area (Å²) in [5.74, 6) is 0.821. The monoisotopic (exact) mass is 236 g/mol. The Morgan fingerprint density at radius 1 is 1.41 bits per heavy atom. The minimum Gasteiger partial charge on any atom is -0.493 e. The Balaban J connectivity index is 1.95. The number of ether oxygens (including phenoxy) is 1. The first-order valence-corrected chi connectivity index (χ1v) is 6.12. The van der Waals surface area contributed by atoms with Crippen LogP contribution in [0.25, 0.3) is 0 Å². The number of aliphatic hydroxyl groups excluding tert-OH is 1. The number of benzene rings is 1. The number of aliphatic hydroxyl groups is 2. The second kappa shape index (κ2) is 4.67. The number of hydrogen-bond donors (Lipinski definition) is 2. The van der Waals surface area contributed by atoms with Gasteiger partial charge in [0.15, 0.2) is 0 Å². The van der Waals surface area contributed by atoms with E-state index in [0.29, 0.717) is 13.0 Å². The highest BCUT2D eigenvalue weighted by Crippen LogP contribution is 2.33. The molecular formula is C14H20O3. The average molecular weight is 236 g/mol. The fourth-order valence-corrected chi connectivity index (χ4v) is 2.08. The van der Waals surface area contributed by atoms with Crippen molar-refractivity contribution in [2.75, 3.05) is 6.61 Å². The molecule has 1 aliphatic carbocycles. The van der Waals surface area contributed by atoms with Crippen molar-refractivity contribution in [1.29, 1.82) is 0 Å². The van der Waals surface area contributed by atoms with Gasteiger partial charge in [-0.2, -0.15) is 0 Å². The molecule has 2 N–H and O–H groups in total. The third-order valence-corrected chi connectivity index (χ3v) is 3.14. The molecular weight excluding hydrogens is 216 g/mol. The Bertz CT molecular complexity index is 393. The van der Waals surface area contributed by atoms with E-state index < -0.39 is 5.60 Å². The van der Waals surface area contributed by atoms with Crippen LogP contribution in [0, 0.1) is 0 Å². The van der Waals surface area contributed by atoms with Crippen LogP contribution in [-0.2, 0) is 6.42 Å². The smallest absolute Gasteiger partial charge is 0.119 e. The lowest BCUT2D eigenvalue weighted by Crippen LogP contribution is -2.21. The molecule has 3 nitrogen and oxygen atoms in total. The maximum absolute atomic E-state index is 9.68. The largest absolute Gasteiger partial charge is 0.493 e. The van der Waals surface area contributed by atoms with Crippen LogP contribution in [-0.4, -0.2) is 22.4 Å². The zero-order chi connectivity index (χ0) is 12.5. The molecule has 1 aliphatic rings. The van der Waals surface area contributed by atoms with E-state index in [1.807, 2.05) is 18.2 Å². The lowest BCUT2D eigenvalue weighted by Gasteiger charge is -2.17. The molecule has 2 rings (SSSR count). The Kier molecular flexibility index (Phi) is 3.40. The Hall–Kier alpha value is -1.06. The number of fused-ring (bicyclic) bond motifs is 1. The third kappa shape index (κ3) is 3.20. The van der Waals surface area contributed by atoms with E-state index in [2.05, 4.69) is 0 Å². The fourth-order valence-electron chi connectivity index (χ4n) is 2.08. The highest BCUT2D eigenvalue weighted by atomic mass is 16.5. The van der Waals surface area contributed by atoms with Gasteiger partial charge in [0.2, 0.25) is 0 Å².